The first-order valence-corrected chi connectivity index (χ1v) is 7.47. The van der Waals surface area contributed by atoms with Gasteiger partial charge in [0.15, 0.2) is 5.75 Å². The summed E-state index contributed by atoms with van der Waals surface area (Å²) in [6.45, 7) is 2.58. The molecule has 1 fully saturated rings. The van der Waals surface area contributed by atoms with Gasteiger partial charge in [0.05, 0.1) is 6.61 Å². The number of ether oxygens (including phenoxy) is 1. The van der Waals surface area contributed by atoms with Crippen molar-refractivity contribution in [2.45, 2.75) is 32.2 Å². The maximum atomic E-state index is 12.0. The Morgan fingerprint density at radius 3 is 2.76 bits per heavy atom. The average molecular weight is 264 g/mol. The molecular formula is C10H20N2O4S. The topological polar surface area (TPSA) is 89.7 Å². The number of hydrogen-bond acceptors (Lipinski definition) is 5. The Kier molecular flexibility index (Phi) is 5.35. The summed E-state index contributed by atoms with van der Waals surface area (Å²) in [5, 5.41) is 0. The number of nitrogens with two attached hydrogens (primary N) is 1. The van der Waals surface area contributed by atoms with Crippen molar-refractivity contribution in [1.82, 2.24) is 4.31 Å². The van der Waals surface area contributed by atoms with E-state index in [1.54, 1.807) is 6.92 Å². The second-order valence-corrected chi connectivity index (χ2v) is 5.98. The lowest BCUT2D eigenvalue weighted by molar-refractivity contribution is -0.140. The van der Waals surface area contributed by atoms with Crippen LogP contribution in [0.1, 0.15) is 26.2 Å². The molecule has 7 heteroatoms. The van der Waals surface area contributed by atoms with E-state index in [1.165, 1.54) is 4.31 Å². The molecular weight excluding hydrogens is 244 g/mol. The van der Waals surface area contributed by atoms with Crippen molar-refractivity contribution in [3.63, 3.8) is 0 Å². The van der Waals surface area contributed by atoms with Crippen LogP contribution in [0.4, 0.5) is 0 Å². The van der Waals surface area contributed by atoms with Gasteiger partial charge in [0.1, 0.15) is 0 Å². The van der Waals surface area contributed by atoms with Crippen molar-refractivity contribution in [3.05, 3.63) is 0 Å². The number of hydrogen-bond donors (Lipinski definition) is 1. The van der Waals surface area contributed by atoms with Gasteiger partial charge in [0.2, 0.25) is 10.0 Å². The molecule has 100 valence electrons. The maximum absolute atomic E-state index is 12.0. The van der Waals surface area contributed by atoms with Crippen LogP contribution in [-0.2, 0) is 19.6 Å². The Hall–Kier alpha value is -0.660. The van der Waals surface area contributed by atoms with E-state index in [9.17, 15) is 13.2 Å². The third-order valence-corrected chi connectivity index (χ3v) is 4.60. The predicted molar refractivity (Wildman–Crippen MR) is 63.8 cm³/mol. The summed E-state index contributed by atoms with van der Waals surface area (Å²) in [6.07, 6.45) is 2.56. The number of piperidine rings is 1. The summed E-state index contributed by atoms with van der Waals surface area (Å²) in [4.78, 5) is 11.2. The van der Waals surface area contributed by atoms with Crippen molar-refractivity contribution < 1.29 is 17.9 Å². The van der Waals surface area contributed by atoms with E-state index in [-0.39, 0.29) is 12.6 Å². The number of carbonyl (C=O) groups is 1. The van der Waals surface area contributed by atoms with Crippen LogP contribution in [0, 0.1) is 0 Å². The zero-order valence-corrected chi connectivity index (χ0v) is 10.9. The Balaban J connectivity index is 2.70. The van der Waals surface area contributed by atoms with E-state index in [4.69, 9.17) is 5.73 Å². The molecule has 17 heavy (non-hydrogen) atoms. The van der Waals surface area contributed by atoms with Gasteiger partial charge in [-0.2, -0.15) is 4.31 Å². The van der Waals surface area contributed by atoms with Crippen molar-refractivity contribution in [2.24, 2.45) is 5.73 Å². The molecule has 0 aromatic heterocycles. The third kappa shape index (κ3) is 3.93. The highest BCUT2D eigenvalue weighted by Crippen LogP contribution is 2.20. The molecule has 1 aliphatic rings. The van der Waals surface area contributed by atoms with Crippen molar-refractivity contribution in [2.75, 3.05) is 25.4 Å². The SMILES string of the molecule is CCOC(=O)CS(=O)(=O)N1CCCCC1CN. The van der Waals surface area contributed by atoms with E-state index in [0.717, 1.165) is 19.3 Å². The minimum absolute atomic E-state index is 0.178. The van der Waals surface area contributed by atoms with E-state index in [0.29, 0.717) is 13.1 Å². The molecule has 1 unspecified atom stereocenters. The Morgan fingerprint density at radius 1 is 1.47 bits per heavy atom. The highest BCUT2D eigenvalue weighted by atomic mass is 32.2. The normalized spacial score (nSPS) is 22.4. The van der Waals surface area contributed by atoms with E-state index < -0.39 is 21.7 Å². The zero-order valence-electron chi connectivity index (χ0n) is 10.1. The molecule has 0 amide bonds. The molecule has 1 atom stereocenters. The minimum atomic E-state index is -3.59. The number of nitrogens with zero attached hydrogens (tertiary/aromatic N) is 1. The van der Waals surface area contributed by atoms with Crippen LogP contribution in [0.3, 0.4) is 0 Å². The van der Waals surface area contributed by atoms with Gasteiger partial charge in [-0.25, -0.2) is 8.42 Å². The van der Waals surface area contributed by atoms with Crippen LogP contribution in [0.15, 0.2) is 0 Å². The van der Waals surface area contributed by atoms with Crippen LogP contribution < -0.4 is 5.73 Å². The summed E-state index contributed by atoms with van der Waals surface area (Å²) in [7, 11) is -3.59. The Labute approximate surface area is 102 Å². The third-order valence-electron chi connectivity index (χ3n) is 2.81. The van der Waals surface area contributed by atoms with Crippen molar-refractivity contribution in [1.29, 1.82) is 0 Å². The fourth-order valence-corrected chi connectivity index (χ4v) is 3.61. The first kappa shape index (κ1) is 14.4. The molecule has 0 aromatic rings. The standard InChI is InChI=1S/C10H20N2O4S/c1-2-16-10(13)8-17(14,15)12-6-4-3-5-9(12)7-11/h9H,2-8,11H2,1H3. The first-order chi connectivity index (χ1) is 8.01. The summed E-state index contributed by atoms with van der Waals surface area (Å²) in [5.74, 6) is -1.29. The molecule has 0 bridgehead atoms. The summed E-state index contributed by atoms with van der Waals surface area (Å²) in [5.41, 5.74) is 5.56. The van der Waals surface area contributed by atoms with Crippen LogP contribution in [0.2, 0.25) is 0 Å². The van der Waals surface area contributed by atoms with E-state index in [1.807, 2.05) is 0 Å². The van der Waals surface area contributed by atoms with Gasteiger partial charge in [-0.1, -0.05) is 6.42 Å². The van der Waals surface area contributed by atoms with Crippen LogP contribution in [0.25, 0.3) is 0 Å². The Morgan fingerprint density at radius 2 is 2.18 bits per heavy atom. The van der Waals surface area contributed by atoms with Crippen LogP contribution in [-0.4, -0.2) is 50.2 Å². The van der Waals surface area contributed by atoms with Gasteiger partial charge in [0, 0.05) is 19.1 Å². The molecule has 0 spiro atoms. The molecule has 1 saturated heterocycles. The Bertz CT molecular complexity index is 355. The molecule has 0 saturated carbocycles. The second kappa shape index (κ2) is 6.32. The minimum Gasteiger partial charge on any atom is -0.465 e. The van der Waals surface area contributed by atoms with Crippen LogP contribution >= 0.6 is 0 Å². The van der Waals surface area contributed by atoms with Gasteiger partial charge in [0.25, 0.3) is 0 Å². The van der Waals surface area contributed by atoms with Gasteiger partial charge >= 0.3 is 5.97 Å². The largest absolute Gasteiger partial charge is 0.465 e. The highest BCUT2D eigenvalue weighted by molar-refractivity contribution is 7.89. The van der Waals surface area contributed by atoms with Gasteiger partial charge in [-0.15, -0.1) is 0 Å². The lowest BCUT2D eigenvalue weighted by atomic mass is 10.1. The fraction of sp³-hybridized carbons (Fsp3) is 0.900. The monoisotopic (exact) mass is 264 g/mol. The lowest BCUT2D eigenvalue weighted by Gasteiger charge is -2.33. The molecule has 1 rings (SSSR count). The second-order valence-electron chi connectivity index (χ2n) is 4.06. The summed E-state index contributed by atoms with van der Waals surface area (Å²) >= 11 is 0. The fourth-order valence-electron chi connectivity index (χ4n) is 2.01. The number of rotatable bonds is 5. The van der Waals surface area contributed by atoms with Crippen molar-refractivity contribution in [3.8, 4) is 0 Å². The molecule has 0 aliphatic carbocycles. The average Bonchev–Trinajstić information content (AvgIpc) is 2.28. The molecule has 1 heterocycles. The molecule has 2 N–H and O–H groups in total. The number of sulfonamides is 1. The molecule has 1 aliphatic heterocycles. The quantitative estimate of drug-likeness (QED) is 0.688. The predicted octanol–water partition coefficient (Wildman–Crippen LogP) is -0.307. The lowest BCUT2D eigenvalue weighted by Crippen LogP contribution is -2.49. The molecule has 0 aromatic carbocycles. The highest BCUT2D eigenvalue weighted by Gasteiger charge is 2.33. The summed E-state index contributed by atoms with van der Waals surface area (Å²) in [6, 6.07) is -0.178. The zero-order chi connectivity index (χ0) is 12.9. The van der Waals surface area contributed by atoms with Crippen LogP contribution in [0.5, 0.6) is 0 Å². The van der Waals surface area contributed by atoms with Gasteiger partial charge in [-0.3, -0.25) is 4.79 Å². The van der Waals surface area contributed by atoms with E-state index in [2.05, 4.69) is 4.74 Å². The van der Waals surface area contributed by atoms with Gasteiger partial charge in [-0.05, 0) is 19.8 Å². The maximum Gasteiger partial charge on any atom is 0.322 e. The van der Waals surface area contributed by atoms with Crippen molar-refractivity contribution >= 4 is 16.0 Å². The molecule has 6 nitrogen and oxygen atoms in total. The smallest absolute Gasteiger partial charge is 0.322 e. The number of carbonyl (C=O) groups excluding carboxylic acids is 1. The summed E-state index contributed by atoms with van der Waals surface area (Å²) < 4.78 is 30.0. The first-order valence-electron chi connectivity index (χ1n) is 5.86. The molecule has 0 radical (unpaired) electrons. The van der Waals surface area contributed by atoms with E-state index >= 15 is 0 Å². The van der Waals surface area contributed by atoms with Gasteiger partial charge < -0.3 is 10.5 Å². The number of esters is 1.